The summed E-state index contributed by atoms with van der Waals surface area (Å²) >= 11 is 1.90. The minimum Gasteiger partial charge on any atom is -0.465 e. The van der Waals surface area contributed by atoms with Crippen molar-refractivity contribution in [3.8, 4) is 0 Å². The van der Waals surface area contributed by atoms with E-state index in [1.54, 1.807) is 18.4 Å². The molecule has 102 valence electrons. The molecule has 2 saturated heterocycles. The first-order valence-corrected chi connectivity index (χ1v) is 7.54. The van der Waals surface area contributed by atoms with Gasteiger partial charge in [0.25, 0.3) is 0 Å². The summed E-state index contributed by atoms with van der Waals surface area (Å²) in [6.45, 7) is 2.39. The summed E-state index contributed by atoms with van der Waals surface area (Å²) in [6.07, 6.45) is 6.76. The molecule has 0 unspecified atom stereocenters. The Morgan fingerprint density at radius 3 is 2.89 bits per heavy atom. The number of likely N-dealkylation sites (tertiary alicyclic amines) is 1. The van der Waals surface area contributed by atoms with E-state index >= 15 is 0 Å². The highest BCUT2D eigenvalue weighted by molar-refractivity contribution is 8.00. The molecule has 1 aromatic rings. The minimum absolute atomic E-state index is 0.0124. The van der Waals surface area contributed by atoms with Gasteiger partial charge in [-0.15, -0.1) is 11.8 Å². The highest BCUT2D eigenvalue weighted by Gasteiger charge is 2.39. The number of hydrogen-bond donors (Lipinski definition) is 0. The molecule has 2 aliphatic heterocycles. The minimum atomic E-state index is -0.0124. The molecule has 2 fully saturated rings. The number of piperidine rings is 1. The van der Waals surface area contributed by atoms with Crippen LogP contribution in [0, 0.1) is 0 Å². The number of carbonyl (C=O) groups is 1. The van der Waals surface area contributed by atoms with E-state index in [0.717, 1.165) is 38.3 Å². The number of amides is 1. The zero-order chi connectivity index (χ0) is 13.1. The van der Waals surface area contributed by atoms with Crippen LogP contribution in [0.3, 0.4) is 0 Å². The number of carbonyl (C=O) groups excluding carboxylic acids is 1. The normalized spacial score (nSPS) is 22.4. The van der Waals surface area contributed by atoms with Crippen LogP contribution in [0.1, 0.15) is 18.6 Å². The number of nitrogens with zero attached hydrogens (tertiary/aromatic N) is 1. The van der Waals surface area contributed by atoms with Crippen molar-refractivity contribution in [1.29, 1.82) is 0 Å². The molecular formula is C14H17NO3S. The molecule has 0 aromatic carbocycles. The molecule has 0 radical (unpaired) electrons. The summed E-state index contributed by atoms with van der Waals surface area (Å²) in [5.41, 5.74) is 0. The molecule has 1 amide bonds. The van der Waals surface area contributed by atoms with Crippen molar-refractivity contribution in [1.82, 2.24) is 4.90 Å². The van der Waals surface area contributed by atoms with Crippen molar-refractivity contribution < 1.29 is 13.9 Å². The third-order valence-electron chi connectivity index (χ3n) is 3.58. The Morgan fingerprint density at radius 1 is 1.42 bits per heavy atom. The standard InChI is InChI=1S/C14H17NO3S/c16-13(4-3-12-2-1-9-17-12)15-7-5-14(6-8-15)18-10-11-19-14/h1-4,9H,5-8,10-11H2. The van der Waals surface area contributed by atoms with Crippen LogP contribution in [0.2, 0.25) is 0 Å². The molecule has 3 rings (SSSR count). The van der Waals surface area contributed by atoms with Gasteiger partial charge in [0.05, 0.1) is 12.9 Å². The van der Waals surface area contributed by atoms with Gasteiger partial charge in [-0.05, 0) is 18.2 Å². The van der Waals surface area contributed by atoms with Gasteiger partial charge in [-0.25, -0.2) is 0 Å². The van der Waals surface area contributed by atoms with Crippen LogP contribution in [0.15, 0.2) is 28.9 Å². The third-order valence-corrected chi connectivity index (χ3v) is 5.01. The molecule has 3 heterocycles. The van der Waals surface area contributed by atoms with Crippen molar-refractivity contribution in [3.63, 3.8) is 0 Å². The molecule has 19 heavy (non-hydrogen) atoms. The number of furan rings is 1. The molecule has 1 aromatic heterocycles. The molecule has 0 bridgehead atoms. The van der Waals surface area contributed by atoms with Crippen LogP contribution in [0.5, 0.6) is 0 Å². The Kier molecular flexibility index (Phi) is 3.66. The Labute approximate surface area is 116 Å². The lowest BCUT2D eigenvalue weighted by Crippen LogP contribution is -2.44. The second kappa shape index (κ2) is 5.43. The Morgan fingerprint density at radius 2 is 2.26 bits per heavy atom. The fraction of sp³-hybridized carbons (Fsp3) is 0.500. The van der Waals surface area contributed by atoms with Crippen LogP contribution >= 0.6 is 11.8 Å². The van der Waals surface area contributed by atoms with Crippen molar-refractivity contribution in [3.05, 3.63) is 30.2 Å². The second-order valence-corrected chi connectivity index (χ2v) is 6.22. The first-order valence-electron chi connectivity index (χ1n) is 6.56. The molecule has 0 N–H and O–H groups in total. The lowest BCUT2D eigenvalue weighted by molar-refractivity contribution is -0.128. The lowest BCUT2D eigenvalue weighted by Gasteiger charge is -2.37. The van der Waals surface area contributed by atoms with Gasteiger partial charge >= 0.3 is 0 Å². The summed E-state index contributed by atoms with van der Waals surface area (Å²) in [6, 6.07) is 3.64. The zero-order valence-corrected chi connectivity index (χ0v) is 11.5. The van der Waals surface area contributed by atoms with E-state index in [1.807, 2.05) is 28.8 Å². The Hall–Kier alpha value is -1.20. The van der Waals surface area contributed by atoms with E-state index in [9.17, 15) is 4.79 Å². The van der Waals surface area contributed by atoms with E-state index in [0.29, 0.717) is 5.76 Å². The summed E-state index contributed by atoms with van der Waals surface area (Å²) in [7, 11) is 0. The zero-order valence-electron chi connectivity index (χ0n) is 10.7. The van der Waals surface area contributed by atoms with E-state index < -0.39 is 0 Å². The molecule has 1 spiro atoms. The molecule has 5 heteroatoms. The average Bonchev–Trinajstić information content (AvgIpc) is 3.09. The summed E-state index contributed by atoms with van der Waals surface area (Å²) in [5, 5.41) is 0. The first kappa shape index (κ1) is 12.8. The SMILES string of the molecule is O=C(C=Cc1ccco1)N1CCC2(CC1)OCCS2. The van der Waals surface area contributed by atoms with Gasteiger partial charge in [-0.2, -0.15) is 0 Å². The largest absolute Gasteiger partial charge is 0.465 e. The van der Waals surface area contributed by atoms with E-state index in [2.05, 4.69) is 0 Å². The first-order chi connectivity index (χ1) is 9.27. The smallest absolute Gasteiger partial charge is 0.246 e. The predicted molar refractivity (Wildman–Crippen MR) is 74.7 cm³/mol. The quantitative estimate of drug-likeness (QED) is 0.780. The van der Waals surface area contributed by atoms with Crippen molar-refractivity contribution in [2.75, 3.05) is 25.4 Å². The second-order valence-electron chi connectivity index (χ2n) is 4.78. The van der Waals surface area contributed by atoms with Gasteiger partial charge < -0.3 is 14.1 Å². The van der Waals surface area contributed by atoms with Gasteiger partial charge in [0, 0.05) is 37.8 Å². The molecule has 0 atom stereocenters. The Bertz CT molecular complexity index is 453. The van der Waals surface area contributed by atoms with Gasteiger partial charge in [-0.1, -0.05) is 0 Å². The maximum Gasteiger partial charge on any atom is 0.246 e. The maximum absolute atomic E-state index is 12.0. The molecular weight excluding hydrogens is 262 g/mol. The topological polar surface area (TPSA) is 42.7 Å². The van der Waals surface area contributed by atoms with Crippen LogP contribution in [0.25, 0.3) is 6.08 Å². The predicted octanol–water partition coefficient (Wildman–Crippen LogP) is 2.37. The van der Waals surface area contributed by atoms with Crippen LogP contribution in [0.4, 0.5) is 0 Å². The molecule has 2 aliphatic rings. The Balaban J connectivity index is 1.54. The number of rotatable bonds is 2. The molecule has 0 saturated carbocycles. The van der Waals surface area contributed by atoms with Crippen LogP contribution in [-0.2, 0) is 9.53 Å². The monoisotopic (exact) mass is 279 g/mol. The third kappa shape index (κ3) is 2.87. The van der Waals surface area contributed by atoms with E-state index in [1.165, 1.54) is 0 Å². The number of thioether (sulfide) groups is 1. The summed E-state index contributed by atoms with van der Waals surface area (Å²) in [5.74, 6) is 1.83. The van der Waals surface area contributed by atoms with E-state index in [4.69, 9.17) is 9.15 Å². The van der Waals surface area contributed by atoms with Gasteiger partial charge in [-0.3, -0.25) is 4.79 Å². The highest BCUT2D eigenvalue weighted by Crippen LogP contribution is 2.41. The summed E-state index contributed by atoms with van der Waals surface area (Å²) < 4.78 is 11.0. The molecule has 0 aliphatic carbocycles. The van der Waals surface area contributed by atoms with Crippen LogP contribution < -0.4 is 0 Å². The molecule has 4 nitrogen and oxygen atoms in total. The summed E-state index contributed by atoms with van der Waals surface area (Å²) in [4.78, 5) is 13.9. The fourth-order valence-corrected chi connectivity index (χ4v) is 3.67. The average molecular weight is 279 g/mol. The number of hydrogen-bond acceptors (Lipinski definition) is 4. The van der Waals surface area contributed by atoms with Crippen molar-refractivity contribution in [2.45, 2.75) is 17.8 Å². The van der Waals surface area contributed by atoms with Crippen molar-refractivity contribution >= 4 is 23.7 Å². The van der Waals surface area contributed by atoms with Crippen molar-refractivity contribution in [2.24, 2.45) is 0 Å². The number of ether oxygens (including phenoxy) is 1. The highest BCUT2D eigenvalue weighted by atomic mass is 32.2. The van der Waals surface area contributed by atoms with E-state index in [-0.39, 0.29) is 10.8 Å². The van der Waals surface area contributed by atoms with Gasteiger partial charge in [0.2, 0.25) is 5.91 Å². The lowest BCUT2D eigenvalue weighted by atomic mass is 10.1. The van der Waals surface area contributed by atoms with Crippen LogP contribution in [-0.4, -0.2) is 41.2 Å². The van der Waals surface area contributed by atoms with Gasteiger partial charge in [0.1, 0.15) is 10.7 Å². The maximum atomic E-state index is 12.0. The fourth-order valence-electron chi connectivity index (χ4n) is 2.50. The van der Waals surface area contributed by atoms with Gasteiger partial charge in [0.15, 0.2) is 0 Å².